The Bertz CT molecular complexity index is 1090. The standard InChI is InChI=1S/C23H27BrN4O4/c1-23(2,3)20(15-9-11-31-12-10-15)27(22(29)30)19-13-18(32-16-7-5-4-6-8-16)26-21-17(24)14-25-28(19)21/h4-8,13-15,20H,9-12H2,1-3H3,(H,29,30). The molecule has 32 heavy (non-hydrogen) atoms. The smallest absolute Gasteiger partial charge is 0.413 e. The molecule has 9 heteroatoms. The Morgan fingerprint density at radius 1 is 1.28 bits per heavy atom. The van der Waals surface area contributed by atoms with Crippen molar-refractivity contribution in [3.63, 3.8) is 0 Å². The number of halogens is 1. The molecule has 1 fully saturated rings. The summed E-state index contributed by atoms with van der Waals surface area (Å²) >= 11 is 3.48. The summed E-state index contributed by atoms with van der Waals surface area (Å²) in [7, 11) is 0. The number of benzene rings is 1. The Morgan fingerprint density at radius 2 is 1.97 bits per heavy atom. The van der Waals surface area contributed by atoms with Crippen LogP contribution < -0.4 is 9.64 Å². The lowest BCUT2D eigenvalue weighted by Gasteiger charge is -2.44. The number of fused-ring (bicyclic) bond motifs is 1. The summed E-state index contributed by atoms with van der Waals surface area (Å²) in [6.07, 6.45) is 2.17. The largest absolute Gasteiger partial charge is 0.465 e. The van der Waals surface area contributed by atoms with Crippen LogP contribution in [0.15, 0.2) is 47.1 Å². The number of hydrogen-bond acceptors (Lipinski definition) is 5. The Kier molecular flexibility index (Phi) is 6.39. The molecule has 3 heterocycles. The summed E-state index contributed by atoms with van der Waals surface area (Å²) in [6.45, 7) is 7.48. The van der Waals surface area contributed by atoms with Gasteiger partial charge >= 0.3 is 6.09 Å². The SMILES string of the molecule is CC(C)(C)C(C1CCOCC1)N(C(=O)O)c1cc(Oc2ccccc2)nc2c(Br)cnn12. The van der Waals surface area contributed by atoms with Crippen LogP contribution in [0.5, 0.6) is 11.6 Å². The minimum absolute atomic E-state index is 0.153. The van der Waals surface area contributed by atoms with Crippen LogP contribution in [0.4, 0.5) is 10.6 Å². The molecule has 1 N–H and O–H groups in total. The number of para-hydroxylation sites is 1. The number of anilines is 1. The average molecular weight is 503 g/mol. The Labute approximate surface area is 195 Å². The summed E-state index contributed by atoms with van der Waals surface area (Å²) in [5.41, 5.74) is 0.167. The van der Waals surface area contributed by atoms with E-state index in [9.17, 15) is 9.90 Å². The van der Waals surface area contributed by atoms with Crippen LogP contribution in [0.3, 0.4) is 0 Å². The van der Waals surface area contributed by atoms with Crippen LogP contribution in [0.25, 0.3) is 5.65 Å². The van der Waals surface area contributed by atoms with Crippen molar-refractivity contribution in [2.45, 2.75) is 39.7 Å². The Balaban J connectivity index is 1.86. The molecular formula is C23H27BrN4O4. The lowest BCUT2D eigenvalue weighted by atomic mass is 9.75. The molecule has 4 rings (SSSR count). The van der Waals surface area contributed by atoms with Gasteiger partial charge in [0.15, 0.2) is 5.65 Å². The first-order chi connectivity index (χ1) is 15.3. The number of carboxylic acid groups (broad SMARTS) is 1. The van der Waals surface area contributed by atoms with Gasteiger partial charge in [-0.05, 0) is 52.2 Å². The van der Waals surface area contributed by atoms with E-state index in [-0.39, 0.29) is 17.4 Å². The summed E-state index contributed by atoms with van der Waals surface area (Å²) in [4.78, 5) is 18.7. The van der Waals surface area contributed by atoms with Crippen molar-refractivity contribution in [3.05, 3.63) is 47.1 Å². The van der Waals surface area contributed by atoms with E-state index in [0.29, 0.717) is 40.8 Å². The van der Waals surface area contributed by atoms with Crippen LogP contribution in [0, 0.1) is 11.3 Å². The molecule has 1 unspecified atom stereocenters. The van der Waals surface area contributed by atoms with Crippen molar-refractivity contribution in [3.8, 4) is 11.6 Å². The molecule has 0 radical (unpaired) electrons. The third-order valence-corrected chi connectivity index (χ3v) is 6.24. The number of aromatic nitrogens is 3. The Morgan fingerprint density at radius 3 is 2.59 bits per heavy atom. The van der Waals surface area contributed by atoms with Gasteiger partial charge in [-0.15, -0.1) is 0 Å². The van der Waals surface area contributed by atoms with Gasteiger partial charge in [-0.2, -0.15) is 14.6 Å². The van der Waals surface area contributed by atoms with Gasteiger partial charge in [-0.25, -0.2) is 4.79 Å². The topological polar surface area (TPSA) is 89.2 Å². The van der Waals surface area contributed by atoms with E-state index >= 15 is 0 Å². The van der Waals surface area contributed by atoms with Crippen LogP contribution in [0.1, 0.15) is 33.6 Å². The van der Waals surface area contributed by atoms with Crippen molar-refractivity contribution in [2.75, 3.05) is 18.1 Å². The van der Waals surface area contributed by atoms with Gasteiger partial charge in [0.2, 0.25) is 5.88 Å². The fourth-order valence-corrected chi connectivity index (χ4v) is 4.78. The van der Waals surface area contributed by atoms with Gasteiger partial charge in [-0.1, -0.05) is 39.0 Å². The second-order valence-electron chi connectivity index (χ2n) is 9.01. The predicted molar refractivity (Wildman–Crippen MR) is 124 cm³/mol. The highest BCUT2D eigenvalue weighted by Gasteiger charge is 2.42. The van der Waals surface area contributed by atoms with E-state index < -0.39 is 6.09 Å². The van der Waals surface area contributed by atoms with Gasteiger partial charge in [0.25, 0.3) is 0 Å². The van der Waals surface area contributed by atoms with E-state index in [1.165, 1.54) is 4.90 Å². The zero-order valence-corrected chi connectivity index (χ0v) is 19.9. The van der Waals surface area contributed by atoms with Crippen molar-refractivity contribution in [1.29, 1.82) is 0 Å². The number of ether oxygens (including phenoxy) is 2. The van der Waals surface area contributed by atoms with Crippen LogP contribution >= 0.6 is 15.9 Å². The monoisotopic (exact) mass is 502 g/mol. The molecule has 170 valence electrons. The first kappa shape index (κ1) is 22.5. The third kappa shape index (κ3) is 4.59. The molecule has 3 aromatic rings. The summed E-state index contributed by atoms with van der Waals surface area (Å²) in [5.74, 6) is 1.46. The zero-order valence-electron chi connectivity index (χ0n) is 18.4. The highest BCUT2D eigenvalue weighted by Crippen LogP contribution is 2.39. The van der Waals surface area contributed by atoms with Crippen molar-refractivity contribution >= 4 is 33.5 Å². The van der Waals surface area contributed by atoms with Gasteiger partial charge in [0.05, 0.1) is 10.7 Å². The quantitative estimate of drug-likeness (QED) is 0.487. The molecule has 1 saturated heterocycles. The van der Waals surface area contributed by atoms with E-state index in [0.717, 1.165) is 12.8 Å². The molecule has 1 aromatic carbocycles. The van der Waals surface area contributed by atoms with Crippen LogP contribution in [-0.2, 0) is 4.74 Å². The molecule has 1 aliphatic heterocycles. The van der Waals surface area contributed by atoms with Gasteiger partial charge in [-0.3, -0.25) is 4.90 Å². The number of nitrogens with zero attached hydrogens (tertiary/aromatic N) is 4. The first-order valence-electron chi connectivity index (χ1n) is 10.6. The highest BCUT2D eigenvalue weighted by molar-refractivity contribution is 9.10. The third-order valence-electron chi connectivity index (χ3n) is 5.68. The number of amides is 1. The molecule has 1 amide bonds. The molecule has 0 bridgehead atoms. The fraction of sp³-hybridized carbons (Fsp3) is 0.435. The normalized spacial score (nSPS) is 16.1. The van der Waals surface area contributed by atoms with Gasteiger partial charge in [0, 0.05) is 25.3 Å². The van der Waals surface area contributed by atoms with Crippen molar-refractivity contribution in [2.24, 2.45) is 11.3 Å². The molecule has 0 saturated carbocycles. The lowest BCUT2D eigenvalue weighted by Crippen LogP contribution is -2.53. The zero-order chi connectivity index (χ0) is 22.9. The maximum absolute atomic E-state index is 12.7. The molecular weight excluding hydrogens is 476 g/mol. The van der Waals surface area contributed by atoms with Gasteiger partial charge in [0.1, 0.15) is 11.6 Å². The number of hydrogen-bond donors (Lipinski definition) is 1. The summed E-state index contributed by atoms with van der Waals surface area (Å²) < 4.78 is 13.7. The van der Waals surface area contributed by atoms with E-state index in [1.54, 1.807) is 16.8 Å². The second kappa shape index (κ2) is 9.07. The maximum Gasteiger partial charge on any atom is 0.413 e. The molecule has 0 aliphatic carbocycles. The molecule has 2 aromatic heterocycles. The molecule has 1 aliphatic rings. The lowest BCUT2D eigenvalue weighted by molar-refractivity contribution is 0.0412. The molecule has 0 spiro atoms. The number of carbonyl (C=O) groups is 1. The summed E-state index contributed by atoms with van der Waals surface area (Å²) in [5, 5.41) is 14.8. The fourth-order valence-electron chi connectivity index (χ4n) is 4.43. The minimum atomic E-state index is -1.04. The van der Waals surface area contributed by atoms with Crippen LogP contribution in [-0.4, -0.2) is 45.1 Å². The van der Waals surface area contributed by atoms with Crippen molar-refractivity contribution < 1.29 is 19.4 Å². The molecule has 8 nitrogen and oxygen atoms in total. The van der Waals surface area contributed by atoms with Crippen molar-refractivity contribution in [1.82, 2.24) is 14.6 Å². The minimum Gasteiger partial charge on any atom is -0.465 e. The number of rotatable bonds is 5. The average Bonchev–Trinajstić information content (AvgIpc) is 3.12. The Hall–Kier alpha value is -2.65. The van der Waals surface area contributed by atoms with Crippen LogP contribution in [0.2, 0.25) is 0 Å². The van der Waals surface area contributed by atoms with E-state index in [2.05, 4.69) is 46.8 Å². The highest BCUT2D eigenvalue weighted by atomic mass is 79.9. The van der Waals surface area contributed by atoms with E-state index in [1.807, 2.05) is 30.3 Å². The first-order valence-corrected chi connectivity index (χ1v) is 11.4. The van der Waals surface area contributed by atoms with Gasteiger partial charge < -0.3 is 14.6 Å². The maximum atomic E-state index is 12.7. The second-order valence-corrected chi connectivity index (χ2v) is 9.86. The summed E-state index contributed by atoms with van der Waals surface area (Å²) in [6, 6.07) is 10.6. The molecule has 1 atom stereocenters. The van der Waals surface area contributed by atoms with E-state index in [4.69, 9.17) is 9.47 Å². The predicted octanol–water partition coefficient (Wildman–Crippen LogP) is 5.61.